The summed E-state index contributed by atoms with van der Waals surface area (Å²) in [5.41, 5.74) is 0.442. The highest BCUT2D eigenvalue weighted by molar-refractivity contribution is 7.92. The highest BCUT2D eigenvalue weighted by atomic mass is 32.2. The Kier molecular flexibility index (Phi) is 6.16. The fourth-order valence-electron chi connectivity index (χ4n) is 1.51. The zero-order valence-electron chi connectivity index (χ0n) is 11.5. The molecule has 1 amide bonds. The summed E-state index contributed by atoms with van der Waals surface area (Å²) in [5, 5.41) is 10.9. The van der Waals surface area contributed by atoms with Crippen LogP contribution in [0.25, 0.3) is 0 Å². The van der Waals surface area contributed by atoms with E-state index in [1.165, 1.54) is 0 Å². The zero-order chi connectivity index (χ0) is 15.9. The molecule has 2 N–H and O–H groups in total. The van der Waals surface area contributed by atoms with Crippen molar-refractivity contribution in [2.45, 2.75) is 13.3 Å². The van der Waals surface area contributed by atoms with E-state index in [9.17, 15) is 18.0 Å². The van der Waals surface area contributed by atoms with Crippen molar-refractivity contribution in [2.24, 2.45) is 0 Å². The van der Waals surface area contributed by atoms with Gasteiger partial charge in [0.1, 0.15) is 11.5 Å². The molecule has 1 rings (SSSR count). The summed E-state index contributed by atoms with van der Waals surface area (Å²) in [5.74, 6) is -2.58. The number of carboxylic acid groups (broad SMARTS) is 1. The molecule has 0 atom stereocenters. The van der Waals surface area contributed by atoms with Crippen LogP contribution in [0, 0.1) is 0 Å². The number of rotatable bonds is 8. The van der Waals surface area contributed by atoms with E-state index in [1.807, 2.05) is 6.92 Å². The highest BCUT2D eigenvalue weighted by Crippen LogP contribution is 2.15. The summed E-state index contributed by atoms with van der Waals surface area (Å²) < 4.78 is 28.3. The summed E-state index contributed by atoms with van der Waals surface area (Å²) in [6, 6.07) is 6.48. The van der Waals surface area contributed by atoms with Gasteiger partial charge in [-0.15, -0.1) is 0 Å². The minimum absolute atomic E-state index is 0.442. The molecule has 0 saturated carbocycles. The third-order valence-corrected chi connectivity index (χ3v) is 3.96. The molecule has 0 aliphatic carbocycles. The minimum atomic E-state index is -3.73. The van der Waals surface area contributed by atoms with Gasteiger partial charge in [-0.25, -0.2) is 8.42 Å². The molecule has 8 heteroatoms. The Labute approximate surface area is 122 Å². The van der Waals surface area contributed by atoms with Crippen molar-refractivity contribution in [3.05, 3.63) is 24.3 Å². The molecule has 0 heterocycles. The van der Waals surface area contributed by atoms with Crippen LogP contribution in [0.1, 0.15) is 13.3 Å². The smallest absolute Gasteiger partial charge is 0.304 e. The minimum Gasteiger partial charge on any atom is -0.494 e. The average molecular weight is 315 g/mol. The molecule has 0 fully saturated rings. The van der Waals surface area contributed by atoms with E-state index in [0.29, 0.717) is 18.0 Å². The first-order valence-corrected chi connectivity index (χ1v) is 8.09. The Morgan fingerprint density at radius 1 is 1.24 bits per heavy atom. The molecule has 0 spiro atoms. The van der Waals surface area contributed by atoms with Crippen molar-refractivity contribution in [3.8, 4) is 5.75 Å². The largest absolute Gasteiger partial charge is 0.494 e. The van der Waals surface area contributed by atoms with E-state index in [0.717, 1.165) is 0 Å². The van der Waals surface area contributed by atoms with Crippen molar-refractivity contribution in [1.82, 2.24) is 0 Å². The maximum Gasteiger partial charge on any atom is 0.304 e. The van der Waals surface area contributed by atoms with Gasteiger partial charge >= 0.3 is 5.97 Å². The summed E-state index contributed by atoms with van der Waals surface area (Å²) in [7, 11) is -3.73. The first-order chi connectivity index (χ1) is 9.82. The molecule has 1 aromatic rings. The Bertz CT molecular complexity index is 594. The molecule has 0 bridgehead atoms. The lowest BCUT2D eigenvalue weighted by molar-refractivity contribution is -0.136. The van der Waals surface area contributed by atoms with E-state index in [2.05, 4.69) is 5.32 Å². The standard InChI is InChI=1S/C13H17NO6S/c1-2-20-11-5-3-10(4-6-11)14-12(15)9-21(18,19)8-7-13(16)17/h3-6H,2,7-9H2,1H3,(H,14,15)(H,16,17). The zero-order valence-corrected chi connectivity index (χ0v) is 12.4. The number of benzene rings is 1. The summed E-state index contributed by atoms with van der Waals surface area (Å²) in [4.78, 5) is 21.9. The van der Waals surface area contributed by atoms with Crippen LogP contribution >= 0.6 is 0 Å². The van der Waals surface area contributed by atoms with Crippen LogP contribution in [-0.2, 0) is 19.4 Å². The van der Waals surface area contributed by atoms with Gasteiger partial charge in [-0.1, -0.05) is 0 Å². The molecule has 0 aliphatic rings. The van der Waals surface area contributed by atoms with Gasteiger partial charge in [0.05, 0.1) is 18.8 Å². The quantitative estimate of drug-likeness (QED) is 0.738. The van der Waals surface area contributed by atoms with Gasteiger partial charge < -0.3 is 15.2 Å². The number of carboxylic acids is 1. The molecule has 116 valence electrons. The fraction of sp³-hybridized carbons (Fsp3) is 0.385. The molecule has 0 unspecified atom stereocenters. The predicted molar refractivity (Wildman–Crippen MR) is 77.1 cm³/mol. The highest BCUT2D eigenvalue weighted by Gasteiger charge is 2.18. The Balaban J connectivity index is 2.54. The van der Waals surface area contributed by atoms with Gasteiger partial charge in [-0.2, -0.15) is 0 Å². The van der Waals surface area contributed by atoms with Crippen LogP contribution in [0.2, 0.25) is 0 Å². The number of hydrogen-bond acceptors (Lipinski definition) is 5. The van der Waals surface area contributed by atoms with Crippen molar-refractivity contribution < 1.29 is 27.9 Å². The predicted octanol–water partition coefficient (Wildman–Crippen LogP) is 0.913. The number of nitrogens with one attached hydrogen (secondary N) is 1. The number of anilines is 1. The molecule has 0 saturated heterocycles. The molecule has 21 heavy (non-hydrogen) atoms. The molecule has 0 radical (unpaired) electrons. The summed E-state index contributed by atoms with van der Waals surface area (Å²) in [6.45, 7) is 2.37. The van der Waals surface area contributed by atoms with E-state index >= 15 is 0 Å². The number of ether oxygens (including phenoxy) is 1. The second-order valence-electron chi connectivity index (χ2n) is 4.24. The van der Waals surface area contributed by atoms with Gasteiger partial charge in [0.2, 0.25) is 5.91 Å². The van der Waals surface area contributed by atoms with Gasteiger partial charge in [-0.3, -0.25) is 9.59 Å². The second-order valence-corrected chi connectivity index (χ2v) is 6.43. The molecular formula is C13H17NO6S. The van der Waals surface area contributed by atoms with Crippen LogP contribution < -0.4 is 10.1 Å². The van der Waals surface area contributed by atoms with Gasteiger partial charge in [-0.05, 0) is 31.2 Å². The normalized spacial score (nSPS) is 10.9. The van der Waals surface area contributed by atoms with E-state index in [4.69, 9.17) is 9.84 Å². The fourth-order valence-corrected chi connectivity index (χ4v) is 2.61. The van der Waals surface area contributed by atoms with Gasteiger partial charge in [0.15, 0.2) is 9.84 Å². The van der Waals surface area contributed by atoms with Crippen LogP contribution in [0.4, 0.5) is 5.69 Å². The maximum atomic E-state index is 11.6. The van der Waals surface area contributed by atoms with Crippen molar-refractivity contribution >= 4 is 27.4 Å². The lowest BCUT2D eigenvalue weighted by Gasteiger charge is -2.07. The third-order valence-electron chi connectivity index (χ3n) is 2.43. The topological polar surface area (TPSA) is 110 Å². The first kappa shape index (κ1) is 17.0. The number of hydrogen-bond donors (Lipinski definition) is 2. The lowest BCUT2D eigenvalue weighted by atomic mass is 10.3. The van der Waals surface area contributed by atoms with Crippen molar-refractivity contribution in [1.29, 1.82) is 0 Å². The van der Waals surface area contributed by atoms with Gasteiger partial charge in [0.25, 0.3) is 0 Å². The van der Waals surface area contributed by atoms with Crippen LogP contribution in [0.15, 0.2) is 24.3 Å². The van der Waals surface area contributed by atoms with Crippen LogP contribution in [-0.4, -0.2) is 43.5 Å². The van der Waals surface area contributed by atoms with Crippen molar-refractivity contribution in [3.63, 3.8) is 0 Å². The molecule has 0 aliphatic heterocycles. The van der Waals surface area contributed by atoms with Gasteiger partial charge in [0, 0.05) is 5.69 Å². The second kappa shape index (κ2) is 7.63. The number of carbonyl (C=O) groups is 2. The number of amides is 1. The Morgan fingerprint density at radius 2 is 1.86 bits per heavy atom. The maximum absolute atomic E-state index is 11.6. The van der Waals surface area contributed by atoms with E-state index in [-0.39, 0.29) is 0 Å². The molecule has 1 aromatic carbocycles. The van der Waals surface area contributed by atoms with Crippen LogP contribution in [0.3, 0.4) is 0 Å². The SMILES string of the molecule is CCOc1ccc(NC(=O)CS(=O)(=O)CCC(=O)O)cc1. The summed E-state index contributed by atoms with van der Waals surface area (Å²) >= 11 is 0. The molecule has 0 aromatic heterocycles. The number of carbonyl (C=O) groups excluding carboxylic acids is 1. The van der Waals surface area contributed by atoms with Crippen LogP contribution in [0.5, 0.6) is 5.75 Å². The van der Waals surface area contributed by atoms with Crippen molar-refractivity contribution in [2.75, 3.05) is 23.4 Å². The lowest BCUT2D eigenvalue weighted by Crippen LogP contribution is -2.25. The first-order valence-electron chi connectivity index (χ1n) is 6.27. The number of aliphatic carboxylic acids is 1. The third kappa shape index (κ3) is 6.75. The van der Waals surface area contributed by atoms with E-state index < -0.39 is 39.6 Å². The monoisotopic (exact) mass is 315 g/mol. The molecule has 7 nitrogen and oxygen atoms in total. The molecular weight excluding hydrogens is 298 g/mol. The summed E-state index contributed by atoms with van der Waals surface area (Å²) in [6.07, 6.45) is -0.515. The Morgan fingerprint density at radius 3 is 2.38 bits per heavy atom. The average Bonchev–Trinajstić information content (AvgIpc) is 2.38. The number of sulfone groups is 1. The Hall–Kier alpha value is -2.09. The van der Waals surface area contributed by atoms with E-state index in [1.54, 1.807) is 24.3 Å².